The predicted molar refractivity (Wildman–Crippen MR) is 52.2 cm³/mol. The molecule has 0 bridgehead atoms. The van der Waals surface area contributed by atoms with Crippen LogP contribution >= 0.6 is 15.9 Å². The number of rotatable bonds is 1. The number of nitrogens with zero attached hydrogens (tertiary/aromatic N) is 1. The zero-order valence-electron chi connectivity index (χ0n) is 7.29. The number of amides is 1. The average Bonchev–Trinajstić information content (AvgIpc) is 2.04. The normalized spacial score (nSPS) is 22.4. The summed E-state index contributed by atoms with van der Waals surface area (Å²) in [5, 5.41) is 0. The summed E-state index contributed by atoms with van der Waals surface area (Å²) in [5.41, 5.74) is 5.50. The molecule has 2 N–H and O–H groups in total. The molecule has 3 nitrogen and oxygen atoms in total. The van der Waals surface area contributed by atoms with Crippen LogP contribution in [0.3, 0.4) is 0 Å². The molecule has 1 atom stereocenters. The van der Waals surface area contributed by atoms with Crippen LogP contribution in [0.2, 0.25) is 0 Å². The van der Waals surface area contributed by atoms with E-state index in [9.17, 15) is 4.79 Å². The number of hydrogen-bond donors (Lipinski definition) is 1. The molecule has 0 aliphatic carbocycles. The van der Waals surface area contributed by atoms with Gasteiger partial charge < -0.3 is 10.6 Å². The number of piperidine rings is 1. The van der Waals surface area contributed by atoms with Gasteiger partial charge in [-0.2, -0.15) is 0 Å². The molecule has 0 aromatic rings. The van der Waals surface area contributed by atoms with Gasteiger partial charge in [-0.3, -0.25) is 4.79 Å². The third-order valence-corrected chi connectivity index (χ3v) is 3.04. The van der Waals surface area contributed by atoms with Crippen molar-refractivity contribution in [3.63, 3.8) is 0 Å². The van der Waals surface area contributed by atoms with E-state index in [1.165, 1.54) is 0 Å². The van der Waals surface area contributed by atoms with E-state index in [1.54, 1.807) is 6.92 Å². The van der Waals surface area contributed by atoms with Gasteiger partial charge in [0.1, 0.15) is 0 Å². The van der Waals surface area contributed by atoms with Crippen molar-refractivity contribution < 1.29 is 4.79 Å². The maximum absolute atomic E-state index is 11.4. The first kappa shape index (κ1) is 9.99. The summed E-state index contributed by atoms with van der Waals surface area (Å²) >= 11 is 3.53. The van der Waals surface area contributed by atoms with E-state index in [4.69, 9.17) is 5.73 Å². The smallest absolute Gasteiger partial charge is 0.239 e. The third-order valence-electron chi connectivity index (χ3n) is 2.13. The first-order chi connectivity index (χ1) is 5.61. The molecular formula is C8H15BrN2O. The first-order valence-corrected chi connectivity index (χ1v) is 5.21. The summed E-state index contributed by atoms with van der Waals surface area (Å²) in [6, 6.07) is -0.350. The van der Waals surface area contributed by atoms with Crippen molar-refractivity contribution in [2.24, 2.45) is 5.73 Å². The zero-order valence-corrected chi connectivity index (χ0v) is 8.88. The fourth-order valence-corrected chi connectivity index (χ4v) is 1.77. The molecular weight excluding hydrogens is 220 g/mol. The molecule has 4 heteroatoms. The second-order valence-electron chi connectivity index (χ2n) is 3.29. The van der Waals surface area contributed by atoms with Crippen molar-refractivity contribution in [1.82, 2.24) is 4.90 Å². The second kappa shape index (κ2) is 4.23. The van der Waals surface area contributed by atoms with Crippen LogP contribution in [0.15, 0.2) is 0 Å². The number of carbonyl (C=O) groups excluding carboxylic acids is 1. The molecule has 12 heavy (non-hydrogen) atoms. The van der Waals surface area contributed by atoms with E-state index < -0.39 is 0 Å². The highest BCUT2D eigenvalue weighted by Gasteiger charge is 2.22. The van der Waals surface area contributed by atoms with Crippen LogP contribution in [0.25, 0.3) is 0 Å². The zero-order chi connectivity index (χ0) is 9.14. The quantitative estimate of drug-likeness (QED) is 0.680. The minimum Gasteiger partial charge on any atom is -0.341 e. The van der Waals surface area contributed by atoms with Crippen LogP contribution in [-0.4, -0.2) is 34.8 Å². The van der Waals surface area contributed by atoms with Crippen LogP contribution in [0.4, 0.5) is 0 Å². The van der Waals surface area contributed by atoms with Crippen LogP contribution in [0.5, 0.6) is 0 Å². The largest absolute Gasteiger partial charge is 0.341 e. The molecule has 1 aliphatic heterocycles. The lowest BCUT2D eigenvalue weighted by molar-refractivity contribution is -0.132. The molecule has 70 valence electrons. The lowest BCUT2D eigenvalue weighted by Gasteiger charge is -2.30. The fourth-order valence-electron chi connectivity index (χ4n) is 1.36. The summed E-state index contributed by atoms with van der Waals surface area (Å²) in [7, 11) is 0. The highest BCUT2D eigenvalue weighted by atomic mass is 79.9. The van der Waals surface area contributed by atoms with Crippen LogP contribution in [-0.2, 0) is 4.79 Å². The van der Waals surface area contributed by atoms with Gasteiger partial charge in [0.15, 0.2) is 0 Å². The molecule has 0 radical (unpaired) electrons. The van der Waals surface area contributed by atoms with Crippen LogP contribution in [0, 0.1) is 0 Å². The van der Waals surface area contributed by atoms with Gasteiger partial charge in [0.05, 0.1) is 6.04 Å². The van der Waals surface area contributed by atoms with Crippen LogP contribution in [0.1, 0.15) is 19.8 Å². The predicted octanol–water partition coefficient (Wildman–Crippen LogP) is 0.720. The molecule has 1 fully saturated rings. The monoisotopic (exact) mass is 234 g/mol. The van der Waals surface area contributed by atoms with E-state index in [0.29, 0.717) is 4.83 Å². The Bertz CT molecular complexity index is 164. The number of nitrogens with two attached hydrogens (primary N) is 1. The molecule has 0 saturated carbocycles. The topological polar surface area (TPSA) is 46.3 Å². The number of carbonyl (C=O) groups is 1. The summed E-state index contributed by atoms with van der Waals surface area (Å²) < 4.78 is 0. The molecule has 1 aliphatic rings. The Balaban J connectivity index is 2.39. The highest BCUT2D eigenvalue weighted by molar-refractivity contribution is 9.09. The lowest BCUT2D eigenvalue weighted by Crippen LogP contribution is -2.46. The average molecular weight is 235 g/mol. The van der Waals surface area contributed by atoms with Gasteiger partial charge in [0, 0.05) is 17.9 Å². The Morgan fingerprint density at radius 2 is 2.08 bits per heavy atom. The molecule has 1 amide bonds. The van der Waals surface area contributed by atoms with Crippen LogP contribution < -0.4 is 5.73 Å². The molecule has 0 spiro atoms. The summed E-state index contributed by atoms with van der Waals surface area (Å²) in [5.74, 6) is 0.0781. The molecule has 1 heterocycles. The summed E-state index contributed by atoms with van der Waals surface area (Å²) in [6.07, 6.45) is 2.08. The van der Waals surface area contributed by atoms with Gasteiger partial charge in [-0.1, -0.05) is 15.9 Å². The number of halogens is 1. The Kier molecular flexibility index (Phi) is 3.53. The molecule has 0 aromatic carbocycles. The van der Waals surface area contributed by atoms with Crippen molar-refractivity contribution in [2.75, 3.05) is 13.1 Å². The van der Waals surface area contributed by atoms with E-state index in [2.05, 4.69) is 15.9 Å². The van der Waals surface area contributed by atoms with Gasteiger partial charge in [-0.05, 0) is 19.8 Å². The third kappa shape index (κ3) is 2.45. The Labute approximate surface area is 81.4 Å². The van der Waals surface area contributed by atoms with Crippen molar-refractivity contribution in [1.29, 1.82) is 0 Å². The van der Waals surface area contributed by atoms with E-state index in [-0.39, 0.29) is 11.9 Å². The SMILES string of the molecule is C[C@H](N)C(=O)N1CCC(Br)CC1. The van der Waals surface area contributed by atoms with Gasteiger partial charge in [-0.25, -0.2) is 0 Å². The van der Waals surface area contributed by atoms with E-state index in [1.807, 2.05) is 4.90 Å². The van der Waals surface area contributed by atoms with Crippen molar-refractivity contribution in [3.8, 4) is 0 Å². The Hall–Kier alpha value is -0.0900. The van der Waals surface area contributed by atoms with E-state index >= 15 is 0 Å². The van der Waals surface area contributed by atoms with Gasteiger partial charge in [0.2, 0.25) is 5.91 Å². The molecule has 0 unspecified atom stereocenters. The second-order valence-corrected chi connectivity index (χ2v) is 4.58. The minimum absolute atomic E-state index is 0.0781. The highest BCUT2D eigenvalue weighted by Crippen LogP contribution is 2.17. The minimum atomic E-state index is -0.350. The van der Waals surface area contributed by atoms with Crippen molar-refractivity contribution in [2.45, 2.75) is 30.6 Å². The maximum Gasteiger partial charge on any atom is 0.239 e. The van der Waals surface area contributed by atoms with Gasteiger partial charge >= 0.3 is 0 Å². The van der Waals surface area contributed by atoms with Crippen molar-refractivity contribution in [3.05, 3.63) is 0 Å². The first-order valence-electron chi connectivity index (χ1n) is 4.29. The van der Waals surface area contributed by atoms with Gasteiger partial charge in [0.25, 0.3) is 0 Å². The maximum atomic E-state index is 11.4. The molecule has 1 rings (SSSR count). The van der Waals surface area contributed by atoms with Gasteiger partial charge in [-0.15, -0.1) is 0 Å². The van der Waals surface area contributed by atoms with E-state index in [0.717, 1.165) is 25.9 Å². The number of alkyl halides is 1. The Morgan fingerprint density at radius 1 is 1.58 bits per heavy atom. The number of hydrogen-bond acceptors (Lipinski definition) is 2. The summed E-state index contributed by atoms with van der Waals surface area (Å²) in [4.78, 5) is 13.8. The standard InChI is InChI=1S/C8H15BrN2O/c1-6(10)8(12)11-4-2-7(9)3-5-11/h6-7H,2-5,10H2,1H3/t6-/m0/s1. The number of likely N-dealkylation sites (tertiary alicyclic amines) is 1. The van der Waals surface area contributed by atoms with Crippen molar-refractivity contribution >= 4 is 21.8 Å². The molecule has 0 aromatic heterocycles. The summed E-state index contributed by atoms with van der Waals surface area (Å²) in [6.45, 7) is 3.43. The molecule has 1 saturated heterocycles. The lowest BCUT2D eigenvalue weighted by atomic mass is 10.1. The Morgan fingerprint density at radius 3 is 2.50 bits per heavy atom. The fraction of sp³-hybridized carbons (Fsp3) is 0.875.